The van der Waals surface area contributed by atoms with Crippen molar-refractivity contribution in [3.05, 3.63) is 59.2 Å². The first-order valence-electron chi connectivity index (χ1n) is 11.8. The van der Waals surface area contributed by atoms with Crippen LogP contribution in [0, 0.1) is 11.8 Å². The lowest BCUT2D eigenvalue weighted by Crippen LogP contribution is -2.42. The Bertz CT molecular complexity index is 974. The lowest BCUT2D eigenvalue weighted by molar-refractivity contribution is -0.122. The Balaban J connectivity index is 1.23. The molecule has 1 aromatic heterocycles. The molecular formula is C25H33N5O3. The number of nitrogens with one attached hydrogen (secondary N) is 1. The number of aliphatic hydroxyl groups excluding tert-OH is 1. The second-order valence-electron chi connectivity index (χ2n) is 9.34. The van der Waals surface area contributed by atoms with Crippen molar-refractivity contribution in [1.82, 2.24) is 20.2 Å². The van der Waals surface area contributed by atoms with E-state index in [-0.39, 0.29) is 24.3 Å². The van der Waals surface area contributed by atoms with Gasteiger partial charge in [-0.1, -0.05) is 24.3 Å². The van der Waals surface area contributed by atoms with Crippen LogP contribution in [0.4, 0.5) is 0 Å². The van der Waals surface area contributed by atoms with E-state index in [1.807, 2.05) is 6.07 Å². The second kappa shape index (κ2) is 10.9. The third-order valence-corrected chi connectivity index (χ3v) is 6.88. The molecule has 0 unspecified atom stereocenters. The highest BCUT2D eigenvalue weighted by atomic mass is 16.3. The summed E-state index contributed by atoms with van der Waals surface area (Å²) in [5, 5.41) is 13.3. The minimum absolute atomic E-state index is 0.0147. The lowest BCUT2D eigenvalue weighted by atomic mass is 9.79. The number of nitrogens with two attached hydrogens (primary N) is 1. The summed E-state index contributed by atoms with van der Waals surface area (Å²) in [6.07, 6.45) is 6.01. The first-order chi connectivity index (χ1) is 16.0. The number of carbonyl (C=O) groups is 2. The fourth-order valence-electron chi connectivity index (χ4n) is 4.95. The van der Waals surface area contributed by atoms with Crippen molar-refractivity contribution in [2.24, 2.45) is 17.6 Å². The van der Waals surface area contributed by atoms with Gasteiger partial charge < -0.3 is 16.2 Å². The first-order valence-corrected chi connectivity index (χ1v) is 11.8. The highest BCUT2D eigenvalue weighted by Gasteiger charge is 2.25. The molecule has 2 heterocycles. The monoisotopic (exact) mass is 451 g/mol. The van der Waals surface area contributed by atoms with Gasteiger partial charge in [0.05, 0.1) is 6.10 Å². The minimum atomic E-state index is -0.652. The van der Waals surface area contributed by atoms with Gasteiger partial charge in [0.1, 0.15) is 12.0 Å². The van der Waals surface area contributed by atoms with Gasteiger partial charge in [-0.15, -0.1) is 0 Å². The highest BCUT2D eigenvalue weighted by Crippen LogP contribution is 2.30. The largest absolute Gasteiger partial charge is 0.390 e. The highest BCUT2D eigenvalue weighted by molar-refractivity contribution is 5.92. The number of nitrogens with zero attached hydrogens (tertiary/aromatic N) is 3. The van der Waals surface area contributed by atoms with Gasteiger partial charge in [0, 0.05) is 37.8 Å². The minimum Gasteiger partial charge on any atom is -0.390 e. The van der Waals surface area contributed by atoms with Crippen molar-refractivity contribution in [2.45, 2.75) is 51.2 Å². The Morgan fingerprint density at radius 1 is 1.15 bits per heavy atom. The molecule has 1 fully saturated rings. The van der Waals surface area contributed by atoms with Gasteiger partial charge >= 0.3 is 0 Å². The van der Waals surface area contributed by atoms with Crippen LogP contribution in [0.1, 0.15) is 53.0 Å². The Labute approximate surface area is 194 Å². The third kappa shape index (κ3) is 6.36. The van der Waals surface area contributed by atoms with E-state index in [2.05, 4.69) is 38.4 Å². The van der Waals surface area contributed by atoms with E-state index in [1.165, 1.54) is 17.5 Å². The zero-order valence-electron chi connectivity index (χ0n) is 18.9. The molecule has 0 radical (unpaired) electrons. The number of rotatable bonds is 8. The number of carbonyl (C=O) groups excluding carboxylic acids is 2. The van der Waals surface area contributed by atoms with Crippen molar-refractivity contribution in [3.63, 3.8) is 0 Å². The molecule has 8 heteroatoms. The molecule has 2 aromatic rings. The average Bonchev–Trinajstić information content (AvgIpc) is 2.83. The van der Waals surface area contributed by atoms with Gasteiger partial charge in [-0.05, 0) is 61.6 Å². The molecule has 1 saturated carbocycles. The van der Waals surface area contributed by atoms with Crippen LogP contribution < -0.4 is 11.1 Å². The molecule has 1 atom stereocenters. The lowest BCUT2D eigenvalue weighted by Gasteiger charge is -2.30. The van der Waals surface area contributed by atoms with Gasteiger partial charge in [-0.3, -0.25) is 14.5 Å². The number of primary amides is 1. The molecule has 0 saturated heterocycles. The first kappa shape index (κ1) is 23.3. The molecule has 4 rings (SSSR count). The molecule has 176 valence electrons. The predicted molar refractivity (Wildman–Crippen MR) is 124 cm³/mol. The van der Waals surface area contributed by atoms with Crippen molar-refractivity contribution in [2.75, 3.05) is 19.6 Å². The Morgan fingerprint density at radius 3 is 2.67 bits per heavy atom. The van der Waals surface area contributed by atoms with E-state index in [1.54, 1.807) is 6.07 Å². The third-order valence-electron chi connectivity index (χ3n) is 6.88. The summed E-state index contributed by atoms with van der Waals surface area (Å²) in [4.78, 5) is 34.6. The standard InChI is InChI=1S/C25H33N5O3/c26-24(32)19-7-5-17(6-8-19)11-21-12-23(29-16-28-21)25(33)27-13-22(31)15-30-10-9-18-3-1-2-4-20(18)14-30/h1-4,12,16-17,19,22,31H,5-11,13-15H2,(H2,26,32)(H,27,33)/t17?,19?,22-/m0/s1. The molecule has 0 bridgehead atoms. The molecule has 0 spiro atoms. The maximum absolute atomic E-state index is 12.6. The van der Waals surface area contributed by atoms with E-state index in [4.69, 9.17) is 5.73 Å². The summed E-state index contributed by atoms with van der Waals surface area (Å²) in [7, 11) is 0. The van der Waals surface area contributed by atoms with Crippen LogP contribution in [-0.2, 0) is 24.2 Å². The quantitative estimate of drug-likeness (QED) is 0.559. The Kier molecular flexibility index (Phi) is 7.67. The topological polar surface area (TPSA) is 121 Å². The molecule has 33 heavy (non-hydrogen) atoms. The SMILES string of the molecule is NC(=O)C1CCC(Cc2cc(C(=O)NC[C@H](O)CN3CCc4ccccc4C3)ncn2)CC1. The number of benzene rings is 1. The number of hydrogen-bond acceptors (Lipinski definition) is 6. The average molecular weight is 452 g/mol. The molecule has 2 amide bonds. The Hall–Kier alpha value is -2.84. The summed E-state index contributed by atoms with van der Waals surface area (Å²) >= 11 is 0. The van der Waals surface area contributed by atoms with Crippen molar-refractivity contribution < 1.29 is 14.7 Å². The molecule has 1 aliphatic carbocycles. The zero-order chi connectivity index (χ0) is 23.2. The molecule has 1 aromatic carbocycles. The van der Waals surface area contributed by atoms with Crippen molar-refractivity contribution >= 4 is 11.8 Å². The van der Waals surface area contributed by atoms with E-state index < -0.39 is 6.10 Å². The molecule has 4 N–H and O–H groups in total. The van der Waals surface area contributed by atoms with Crippen molar-refractivity contribution in [3.8, 4) is 0 Å². The van der Waals surface area contributed by atoms with Crippen LogP contribution >= 0.6 is 0 Å². The molecule has 1 aliphatic heterocycles. The number of fused-ring (bicyclic) bond motifs is 1. The van der Waals surface area contributed by atoms with Crippen LogP contribution in [0.5, 0.6) is 0 Å². The summed E-state index contributed by atoms with van der Waals surface area (Å²) in [6.45, 7) is 2.40. The zero-order valence-corrected chi connectivity index (χ0v) is 18.9. The van der Waals surface area contributed by atoms with E-state index in [0.717, 1.165) is 57.3 Å². The van der Waals surface area contributed by atoms with Gasteiger partial charge in [-0.2, -0.15) is 0 Å². The van der Waals surface area contributed by atoms with Crippen LogP contribution in [0.2, 0.25) is 0 Å². The summed E-state index contributed by atoms with van der Waals surface area (Å²) in [6, 6.07) is 10.1. The number of amides is 2. The van der Waals surface area contributed by atoms with Crippen LogP contribution in [-0.4, -0.2) is 57.5 Å². The van der Waals surface area contributed by atoms with E-state index >= 15 is 0 Å². The maximum atomic E-state index is 12.6. The van der Waals surface area contributed by atoms with Crippen LogP contribution in [0.25, 0.3) is 0 Å². The normalized spacial score (nSPS) is 21.7. The van der Waals surface area contributed by atoms with Gasteiger partial charge in [-0.25, -0.2) is 9.97 Å². The second-order valence-corrected chi connectivity index (χ2v) is 9.34. The molecular weight excluding hydrogens is 418 g/mol. The van der Waals surface area contributed by atoms with Gasteiger partial charge in [0.15, 0.2) is 0 Å². The van der Waals surface area contributed by atoms with Crippen LogP contribution in [0.15, 0.2) is 36.7 Å². The van der Waals surface area contributed by atoms with Gasteiger partial charge in [0.2, 0.25) is 5.91 Å². The fourth-order valence-corrected chi connectivity index (χ4v) is 4.95. The molecule has 2 aliphatic rings. The summed E-state index contributed by atoms with van der Waals surface area (Å²) in [5.74, 6) is -0.0946. The summed E-state index contributed by atoms with van der Waals surface area (Å²) in [5.41, 5.74) is 9.22. The van der Waals surface area contributed by atoms with Crippen molar-refractivity contribution in [1.29, 1.82) is 0 Å². The fraction of sp³-hybridized carbons (Fsp3) is 0.520. The van der Waals surface area contributed by atoms with Crippen LogP contribution in [0.3, 0.4) is 0 Å². The number of β-amino-alcohol motifs (C(OH)–C–C–N with tert-alkyl or cyclic N) is 1. The predicted octanol–water partition coefficient (Wildman–Crippen LogP) is 1.46. The number of hydrogen-bond donors (Lipinski definition) is 3. The van der Waals surface area contributed by atoms with E-state index in [9.17, 15) is 14.7 Å². The Morgan fingerprint density at radius 2 is 1.91 bits per heavy atom. The molecule has 8 nitrogen and oxygen atoms in total. The number of aliphatic hydroxyl groups is 1. The van der Waals surface area contributed by atoms with Gasteiger partial charge in [0.25, 0.3) is 5.91 Å². The summed E-state index contributed by atoms with van der Waals surface area (Å²) < 4.78 is 0. The number of aromatic nitrogens is 2. The maximum Gasteiger partial charge on any atom is 0.270 e. The smallest absolute Gasteiger partial charge is 0.270 e. The van der Waals surface area contributed by atoms with E-state index in [0.29, 0.717) is 18.2 Å².